The molecule has 1 aliphatic carbocycles. The fourth-order valence-electron chi connectivity index (χ4n) is 3.70. The molecule has 2 amide bonds. The van der Waals surface area contributed by atoms with Crippen LogP contribution in [-0.4, -0.2) is 53.1 Å². The molecular formula is C16H29N3O3. The Kier molecular flexibility index (Phi) is 5.12. The molecule has 6 nitrogen and oxygen atoms in total. The van der Waals surface area contributed by atoms with Gasteiger partial charge in [0, 0.05) is 12.6 Å². The summed E-state index contributed by atoms with van der Waals surface area (Å²) in [5.74, 6) is -0.0240. The van der Waals surface area contributed by atoms with Gasteiger partial charge in [0.15, 0.2) is 0 Å². The third-order valence-corrected chi connectivity index (χ3v) is 5.03. The molecule has 2 aliphatic rings. The van der Waals surface area contributed by atoms with E-state index in [2.05, 4.69) is 19.2 Å². The fraction of sp³-hybridized carbons (Fsp3) is 0.875. The number of likely N-dealkylation sites (tertiary alicyclic amines) is 1. The van der Waals surface area contributed by atoms with Gasteiger partial charge in [-0.25, -0.2) is 0 Å². The summed E-state index contributed by atoms with van der Waals surface area (Å²) in [5, 5.41) is 13.2. The van der Waals surface area contributed by atoms with Crippen LogP contribution in [0.2, 0.25) is 0 Å². The van der Waals surface area contributed by atoms with Crippen molar-refractivity contribution >= 4 is 11.8 Å². The summed E-state index contributed by atoms with van der Waals surface area (Å²) >= 11 is 0. The lowest BCUT2D eigenvalue weighted by Gasteiger charge is -2.54. The smallest absolute Gasteiger partial charge is 0.242 e. The van der Waals surface area contributed by atoms with Crippen molar-refractivity contribution in [2.24, 2.45) is 17.1 Å². The Bertz CT molecular complexity index is 428. The topological polar surface area (TPSA) is 95.7 Å². The first-order chi connectivity index (χ1) is 10.3. The van der Waals surface area contributed by atoms with E-state index < -0.39 is 18.1 Å². The molecule has 22 heavy (non-hydrogen) atoms. The van der Waals surface area contributed by atoms with Gasteiger partial charge in [0.25, 0.3) is 0 Å². The molecule has 1 saturated heterocycles. The number of carbonyl (C=O) groups is 2. The molecule has 1 heterocycles. The molecule has 0 aromatic carbocycles. The second-order valence-electron chi connectivity index (χ2n) is 7.38. The van der Waals surface area contributed by atoms with Crippen molar-refractivity contribution in [3.63, 3.8) is 0 Å². The summed E-state index contributed by atoms with van der Waals surface area (Å²) in [6.07, 6.45) is 2.75. The minimum atomic E-state index is -0.928. The normalized spacial score (nSPS) is 31.2. The number of hydrogen-bond donors (Lipinski definition) is 3. The maximum atomic E-state index is 12.5. The predicted molar refractivity (Wildman–Crippen MR) is 83.9 cm³/mol. The average Bonchev–Trinajstić information content (AvgIpc) is 2.44. The van der Waals surface area contributed by atoms with Crippen LogP contribution in [0.3, 0.4) is 0 Å². The highest BCUT2D eigenvalue weighted by Crippen LogP contribution is 2.46. The second kappa shape index (κ2) is 6.54. The van der Waals surface area contributed by atoms with E-state index in [9.17, 15) is 14.7 Å². The Balaban J connectivity index is 1.89. The van der Waals surface area contributed by atoms with Crippen LogP contribution in [0.15, 0.2) is 0 Å². The van der Waals surface area contributed by atoms with Crippen LogP contribution >= 0.6 is 0 Å². The van der Waals surface area contributed by atoms with Crippen LogP contribution in [0.4, 0.5) is 0 Å². The van der Waals surface area contributed by atoms with E-state index in [0.29, 0.717) is 18.5 Å². The average molecular weight is 311 g/mol. The molecule has 0 aromatic heterocycles. The zero-order chi connectivity index (χ0) is 16.5. The Hall–Kier alpha value is -1.14. The standard InChI is InChI=1S/C16H29N3O3/c1-10(2)8-18-12-4-6-16(7-5-12)9-19(15(16)22)13(11(3)20)14(17)21/h10-13,18,20H,4-9H2,1-3H3,(H2,17,21)/t11-,12?,13+,16?/m1/s1. The van der Waals surface area contributed by atoms with Gasteiger partial charge in [-0.3, -0.25) is 9.59 Å². The van der Waals surface area contributed by atoms with Gasteiger partial charge >= 0.3 is 0 Å². The first kappa shape index (κ1) is 17.2. The first-order valence-electron chi connectivity index (χ1n) is 8.28. The van der Waals surface area contributed by atoms with E-state index in [1.807, 2.05) is 0 Å². The van der Waals surface area contributed by atoms with Crippen molar-refractivity contribution in [2.75, 3.05) is 13.1 Å². The molecule has 0 radical (unpaired) electrons. The minimum Gasteiger partial charge on any atom is -0.391 e. The van der Waals surface area contributed by atoms with Crippen molar-refractivity contribution in [2.45, 2.75) is 64.6 Å². The molecule has 6 heteroatoms. The molecule has 126 valence electrons. The van der Waals surface area contributed by atoms with E-state index in [0.717, 1.165) is 32.2 Å². The number of primary amides is 1. The zero-order valence-corrected chi connectivity index (χ0v) is 13.8. The lowest BCUT2D eigenvalue weighted by atomic mass is 9.66. The van der Waals surface area contributed by atoms with E-state index in [1.54, 1.807) is 0 Å². The van der Waals surface area contributed by atoms with Gasteiger partial charge in [-0.1, -0.05) is 13.8 Å². The number of carbonyl (C=O) groups excluding carboxylic acids is 2. The lowest BCUT2D eigenvalue weighted by molar-refractivity contribution is -0.175. The van der Waals surface area contributed by atoms with Crippen LogP contribution in [0.25, 0.3) is 0 Å². The van der Waals surface area contributed by atoms with E-state index in [-0.39, 0.29) is 11.3 Å². The maximum Gasteiger partial charge on any atom is 0.242 e. The molecule has 0 unspecified atom stereocenters. The molecule has 1 saturated carbocycles. The fourth-order valence-corrected chi connectivity index (χ4v) is 3.70. The summed E-state index contributed by atoms with van der Waals surface area (Å²) < 4.78 is 0. The monoisotopic (exact) mass is 311 g/mol. The number of amides is 2. The number of nitrogens with two attached hydrogens (primary N) is 1. The summed E-state index contributed by atoms with van der Waals surface area (Å²) in [7, 11) is 0. The molecular weight excluding hydrogens is 282 g/mol. The second-order valence-corrected chi connectivity index (χ2v) is 7.38. The summed E-state index contributed by atoms with van der Waals surface area (Å²) in [4.78, 5) is 25.5. The molecule has 2 atom stereocenters. The molecule has 2 rings (SSSR count). The highest BCUT2D eigenvalue weighted by atomic mass is 16.3. The van der Waals surface area contributed by atoms with Crippen LogP contribution in [0, 0.1) is 11.3 Å². The van der Waals surface area contributed by atoms with Crippen molar-refractivity contribution in [3.8, 4) is 0 Å². The van der Waals surface area contributed by atoms with Gasteiger partial charge in [-0.15, -0.1) is 0 Å². The number of aliphatic hydroxyl groups excluding tert-OH is 1. The van der Waals surface area contributed by atoms with Crippen LogP contribution in [-0.2, 0) is 9.59 Å². The van der Waals surface area contributed by atoms with E-state index >= 15 is 0 Å². The molecule has 4 N–H and O–H groups in total. The summed E-state index contributed by atoms with van der Waals surface area (Å²) in [6, 6.07) is -0.409. The van der Waals surface area contributed by atoms with E-state index in [4.69, 9.17) is 5.73 Å². The van der Waals surface area contributed by atoms with Gasteiger partial charge < -0.3 is 21.1 Å². The van der Waals surface area contributed by atoms with E-state index in [1.165, 1.54) is 11.8 Å². The van der Waals surface area contributed by atoms with Crippen molar-refractivity contribution in [1.82, 2.24) is 10.2 Å². The zero-order valence-electron chi connectivity index (χ0n) is 13.8. The Morgan fingerprint density at radius 1 is 1.41 bits per heavy atom. The highest BCUT2D eigenvalue weighted by Gasteiger charge is 2.56. The molecule has 1 aliphatic heterocycles. The summed E-state index contributed by atoms with van der Waals surface area (Å²) in [6.45, 7) is 7.42. The molecule has 1 spiro atoms. The number of β-lactam (4-membered cyclic amide) rings is 1. The van der Waals surface area contributed by atoms with Crippen molar-refractivity contribution < 1.29 is 14.7 Å². The molecule has 0 bridgehead atoms. The number of aliphatic hydroxyl groups is 1. The molecule has 2 fully saturated rings. The van der Waals surface area contributed by atoms with Gasteiger partial charge in [0.05, 0.1) is 11.5 Å². The highest BCUT2D eigenvalue weighted by molar-refractivity contribution is 5.94. The quantitative estimate of drug-likeness (QED) is 0.612. The van der Waals surface area contributed by atoms with Crippen molar-refractivity contribution in [3.05, 3.63) is 0 Å². The van der Waals surface area contributed by atoms with Gasteiger partial charge in [0.1, 0.15) is 6.04 Å². The van der Waals surface area contributed by atoms with Crippen LogP contribution in [0.1, 0.15) is 46.5 Å². The van der Waals surface area contributed by atoms with Gasteiger partial charge in [-0.05, 0) is 45.1 Å². The van der Waals surface area contributed by atoms with Crippen LogP contribution in [0.5, 0.6) is 0 Å². The Morgan fingerprint density at radius 3 is 2.41 bits per heavy atom. The number of rotatable bonds is 6. The predicted octanol–water partition coefficient (Wildman–Crippen LogP) is 0.238. The number of nitrogens with zero attached hydrogens (tertiary/aromatic N) is 1. The number of hydrogen-bond acceptors (Lipinski definition) is 4. The Morgan fingerprint density at radius 2 is 2.00 bits per heavy atom. The minimum absolute atomic E-state index is 0.0143. The van der Waals surface area contributed by atoms with Gasteiger partial charge in [-0.2, -0.15) is 0 Å². The third kappa shape index (κ3) is 3.27. The SMILES string of the molecule is CC(C)CNC1CCC2(CC1)CN([C@H](C(N)=O)[C@@H](C)O)C2=O. The number of nitrogens with one attached hydrogen (secondary N) is 1. The first-order valence-corrected chi connectivity index (χ1v) is 8.28. The molecule has 0 aromatic rings. The maximum absolute atomic E-state index is 12.5. The van der Waals surface area contributed by atoms with Crippen molar-refractivity contribution in [1.29, 1.82) is 0 Å². The van der Waals surface area contributed by atoms with Crippen LogP contribution < -0.4 is 11.1 Å². The third-order valence-electron chi connectivity index (χ3n) is 5.03. The van der Waals surface area contributed by atoms with Gasteiger partial charge in [0.2, 0.25) is 11.8 Å². The summed E-state index contributed by atoms with van der Waals surface area (Å²) in [5.41, 5.74) is 4.99. The lowest BCUT2D eigenvalue weighted by Crippen LogP contribution is -2.69. The largest absolute Gasteiger partial charge is 0.391 e. The Labute approximate surface area is 132 Å².